The van der Waals surface area contributed by atoms with E-state index in [4.69, 9.17) is 23.2 Å². The summed E-state index contributed by atoms with van der Waals surface area (Å²) >= 11 is 12.3. The number of hydrogen-bond donors (Lipinski definition) is 0. The summed E-state index contributed by atoms with van der Waals surface area (Å²) in [4.78, 5) is 14.7. The van der Waals surface area contributed by atoms with Crippen LogP contribution in [0.25, 0.3) is 5.69 Å². The number of hydrogen-bond acceptors (Lipinski definition) is 3. The van der Waals surface area contributed by atoms with Crippen LogP contribution in [-0.2, 0) is 0 Å². The molecule has 0 bridgehead atoms. The molecule has 1 aromatic heterocycles. The second-order valence-corrected chi connectivity index (χ2v) is 7.21. The fraction of sp³-hybridized carbons (Fsp3) is 0.211. The molecule has 28 heavy (non-hydrogen) atoms. The largest absolute Gasteiger partial charge is 0.330 e. The molecule has 1 unspecified atom stereocenters. The van der Waals surface area contributed by atoms with Gasteiger partial charge in [-0.2, -0.15) is 0 Å². The van der Waals surface area contributed by atoms with Gasteiger partial charge in [-0.15, -0.1) is 5.10 Å². The minimum Gasteiger partial charge on any atom is -0.330 e. The van der Waals surface area contributed by atoms with Crippen LogP contribution in [-0.4, -0.2) is 32.3 Å². The molecule has 0 spiro atoms. The lowest BCUT2D eigenvalue weighted by molar-refractivity contribution is 0.0724. The average molecular weight is 423 g/mol. The highest BCUT2D eigenvalue weighted by molar-refractivity contribution is 6.43. The standard InChI is InChI=1S/C19H14Cl2F2N4O/c20-13-3-1-4-16(18(13)21)27-17(10-24-25-27)19(28)26-8-2-5-15(26)12-9-11(22)6-7-14(12)23/h1,3-4,6-7,9-10,15H,2,5,8H2. The van der Waals surface area contributed by atoms with Crippen LogP contribution >= 0.6 is 23.2 Å². The number of rotatable bonds is 3. The van der Waals surface area contributed by atoms with Gasteiger partial charge in [0.15, 0.2) is 5.69 Å². The Morgan fingerprint density at radius 3 is 2.82 bits per heavy atom. The van der Waals surface area contributed by atoms with Crippen molar-refractivity contribution in [3.63, 3.8) is 0 Å². The van der Waals surface area contributed by atoms with Crippen molar-refractivity contribution in [3.05, 3.63) is 75.5 Å². The summed E-state index contributed by atoms with van der Waals surface area (Å²) in [5, 5.41) is 8.32. The lowest BCUT2D eigenvalue weighted by Gasteiger charge is -2.25. The van der Waals surface area contributed by atoms with E-state index in [0.29, 0.717) is 30.1 Å². The Labute approximate surface area is 169 Å². The maximum atomic E-state index is 14.3. The van der Waals surface area contributed by atoms with Crippen LogP contribution in [0.4, 0.5) is 8.78 Å². The van der Waals surface area contributed by atoms with Crippen molar-refractivity contribution in [3.8, 4) is 5.69 Å². The highest BCUT2D eigenvalue weighted by atomic mass is 35.5. The summed E-state index contributed by atoms with van der Waals surface area (Å²) in [6.45, 7) is 0.411. The Morgan fingerprint density at radius 2 is 2.00 bits per heavy atom. The predicted octanol–water partition coefficient (Wildman–Crippen LogP) is 4.83. The second-order valence-electron chi connectivity index (χ2n) is 6.43. The monoisotopic (exact) mass is 422 g/mol. The van der Waals surface area contributed by atoms with Crippen molar-refractivity contribution in [1.29, 1.82) is 0 Å². The molecule has 1 aliphatic rings. The van der Waals surface area contributed by atoms with E-state index in [1.165, 1.54) is 15.8 Å². The van der Waals surface area contributed by atoms with E-state index in [0.717, 1.165) is 18.2 Å². The summed E-state index contributed by atoms with van der Waals surface area (Å²) in [5.74, 6) is -1.49. The molecule has 4 rings (SSSR count). The van der Waals surface area contributed by atoms with E-state index in [9.17, 15) is 13.6 Å². The number of carbonyl (C=O) groups is 1. The molecule has 1 atom stereocenters. The van der Waals surface area contributed by atoms with Gasteiger partial charge in [0.05, 0.1) is 28.0 Å². The van der Waals surface area contributed by atoms with Crippen LogP contribution in [0.1, 0.15) is 34.9 Å². The molecule has 2 aromatic carbocycles. The van der Waals surface area contributed by atoms with Crippen molar-refractivity contribution in [1.82, 2.24) is 19.9 Å². The van der Waals surface area contributed by atoms with Crippen molar-refractivity contribution in [2.24, 2.45) is 0 Å². The molecule has 0 radical (unpaired) electrons. The van der Waals surface area contributed by atoms with Crippen LogP contribution in [0.15, 0.2) is 42.6 Å². The summed E-state index contributed by atoms with van der Waals surface area (Å²) in [7, 11) is 0. The molecule has 3 aromatic rings. The summed E-state index contributed by atoms with van der Waals surface area (Å²) < 4.78 is 29.2. The summed E-state index contributed by atoms with van der Waals surface area (Å²) in [6, 6.07) is 7.65. The molecule has 0 saturated carbocycles. The zero-order valence-electron chi connectivity index (χ0n) is 14.4. The quantitative estimate of drug-likeness (QED) is 0.607. The first-order valence-corrected chi connectivity index (χ1v) is 9.34. The van der Waals surface area contributed by atoms with Gasteiger partial charge in [-0.05, 0) is 43.2 Å². The van der Waals surface area contributed by atoms with Crippen molar-refractivity contribution in [2.75, 3.05) is 6.54 Å². The Hall–Kier alpha value is -2.51. The smallest absolute Gasteiger partial charge is 0.274 e. The van der Waals surface area contributed by atoms with Crippen molar-refractivity contribution in [2.45, 2.75) is 18.9 Å². The van der Waals surface area contributed by atoms with Gasteiger partial charge in [0.1, 0.15) is 11.6 Å². The maximum absolute atomic E-state index is 14.3. The zero-order chi connectivity index (χ0) is 19.8. The van der Waals surface area contributed by atoms with Gasteiger partial charge in [-0.25, -0.2) is 13.5 Å². The number of benzene rings is 2. The third kappa shape index (κ3) is 3.25. The van der Waals surface area contributed by atoms with Gasteiger partial charge in [0.2, 0.25) is 0 Å². The molecule has 1 amide bonds. The minimum absolute atomic E-state index is 0.158. The predicted molar refractivity (Wildman–Crippen MR) is 101 cm³/mol. The number of aromatic nitrogens is 3. The first kappa shape index (κ1) is 18.8. The van der Waals surface area contributed by atoms with E-state index >= 15 is 0 Å². The first-order valence-electron chi connectivity index (χ1n) is 8.58. The van der Waals surface area contributed by atoms with Gasteiger partial charge in [-0.3, -0.25) is 4.79 Å². The fourth-order valence-corrected chi connectivity index (χ4v) is 3.84. The zero-order valence-corrected chi connectivity index (χ0v) is 16.0. The minimum atomic E-state index is -0.568. The second kappa shape index (κ2) is 7.48. The Morgan fingerprint density at radius 1 is 1.18 bits per heavy atom. The first-order chi connectivity index (χ1) is 13.5. The lowest BCUT2D eigenvalue weighted by Crippen LogP contribution is -2.32. The topological polar surface area (TPSA) is 51.0 Å². The number of carbonyl (C=O) groups excluding carboxylic acids is 1. The summed E-state index contributed by atoms with van der Waals surface area (Å²) in [5.41, 5.74) is 0.723. The molecular weight excluding hydrogens is 409 g/mol. The molecular formula is C19H14Cl2F2N4O. The normalized spacial score (nSPS) is 16.6. The molecule has 2 heterocycles. The van der Waals surface area contributed by atoms with Gasteiger partial charge in [-0.1, -0.05) is 34.5 Å². The van der Waals surface area contributed by atoms with Gasteiger partial charge in [0.25, 0.3) is 5.91 Å². The number of likely N-dealkylation sites (tertiary alicyclic amines) is 1. The number of halogens is 4. The SMILES string of the molecule is O=C(c1cnnn1-c1cccc(Cl)c1Cl)N1CCCC1c1cc(F)ccc1F. The molecule has 1 aliphatic heterocycles. The van der Waals surface area contributed by atoms with Gasteiger partial charge < -0.3 is 4.90 Å². The van der Waals surface area contributed by atoms with E-state index in [1.54, 1.807) is 18.2 Å². The van der Waals surface area contributed by atoms with E-state index < -0.39 is 23.6 Å². The number of nitrogens with zero attached hydrogens (tertiary/aromatic N) is 4. The van der Waals surface area contributed by atoms with Gasteiger partial charge >= 0.3 is 0 Å². The maximum Gasteiger partial charge on any atom is 0.274 e. The van der Waals surface area contributed by atoms with Crippen LogP contribution in [0.3, 0.4) is 0 Å². The third-order valence-electron chi connectivity index (χ3n) is 4.76. The molecule has 5 nitrogen and oxygen atoms in total. The molecule has 1 saturated heterocycles. The van der Waals surface area contributed by atoms with E-state index in [-0.39, 0.29) is 16.3 Å². The highest BCUT2D eigenvalue weighted by Crippen LogP contribution is 2.35. The van der Waals surface area contributed by atoms with Crippen LogP contribution in [0, 0.1) is 11.6 Å². The molecule has 0 N–H and O–H groups in total. The van der Waals surface area contributed by atoms with Crippen LogP contribution < -0.4 is 0 Å². The van der Waals surface area contributed by atoms with Crippen molar-refractivity contribution >= 4 is 29.1 Å². The molecule has 0 aliphatic carbocycles. The van der Waals surface area contributed by atoms with Crippen LogP contribution in [0.2, 0.25) is 10.0 Å². The van der Waals surface area contributed by atoms with E-state index in [2.05, 4.69) is 10.3 Å². The van der Waals surface area contributed by atoms with Gasteiger partial charge in [0, 0.05) is 12.1 Å². The van der Waals surface area contributed by atoms with Crippen LogP contribution in [0.5, 0.6) is 0 Å². The average Bonchev–Trinajstić information content (AvgIpc) is 3.35. The van der Waals surface area contributed by atoms with E-state index in [1.807, 2.05) is 0 Å². The Kier molecular flexibility index (Phi) is 5.03. The van der Waals surface area contributed by atoms with Crippen molar-refractivity contribution < 1.29 is 13.6 Å². The highest BCUT2D eigenvalue weighted by Gasteiger charge is 2.34. The number of amides is 1. The Balaban J connectivity index is 1.72. The summed E-state index contributed by atoms with van der Waals surface area (Å²) in [6.07, 6.45) is 2.52. The molecule has 9 heteroatoms. The third-order valence-corrected chi connectivity index (χ3v) is 5.57. The lowest BCUT2D eigenvalue weighted by atomic mass is 10.0. The molecule has 1 fully saturated rings. The fourth-order valence-electron chi connectivity index (χ4n) is 3.47. The Bertz CT molecular complexity index is 1060. The molecule has 144 valence electrons.